The lowest BCUT2D eigenvalue weighted by atomic mass is 10.3. The molecule has 1 aromatic carbocycles. The predicted octanol–water partition coefficient (Wildman–Crippen LogP) is 4.09. The molecule has 0 atom stereocenters. The summed E-state index contributed by atoms with van der Waals surface area (Å²) in [6.07, 6.45) is 1.85. The van der Waals surface area contributed by atoms with Crippen molar-refractivity contribution in [2.45, 2.75) is 13.5 Å². The van der Waals surface area contributed by atoms with Gasteiger partial charge in [-0.1, -0.05) is 0 Å². The minimum Gasteiger partial charge on any atom is -0.364 e. The summed E-state index contributed by atoms with van der Waals surface area (Å²) in [5, 5.41) is 7.70. The molecule has 0 aliphatic heterocycles. The first-order valence-electron chi connectivity index (χ1n) is 6.79. The van der Waals surface area contributed by atoms with Crippen molar-refractivity contribution in [1.29, 1.82) is 0 Å². The molecule has 22 heavy (non-hydrogen) atoms. The number of hydrogen-bond donors (Lipinski definition) is 1. The van der Waals surface area contributed by atoms with E-state index in [0.29, 0.717) is 6.54 Å². The first-order chi connectivity index (χ1) is 10.6. The maximum Gasteiger partial charge on any atom is 0.126 e. The standard InChI is InChI=1S/C16H14BrFN4/c1-11-15(17)6-7-16(20-11)19-10-13-8-9-22(21-13)14-4-2-12(18)3-5-14/h2-9H,10H2,1H3,(H,19,20). The Kier molecular flexibility index (Phi) is 4.20. The lowest BCUT2D eigenvalue weighted by molar-refractivity contribution is 0.627. The molecule has 0 bridgehead atoms. The molecule has 4 nitrogen and oxygen atoms in total. The van der Waals surface area contributed by atoms with Crippen LogP contribution in [0.2, 0.25) is 0 Å². The molecular weight excluding hydrogens is 347 g/mol. The van der Waals surface area contributed by atoms with Gasteiger partial charge in [-0.25, -0.2) is 14.1 Å². The molecule has 0 saturated heterocycles. The number of pyridine rings is 1. The van der Waals surface area contributed by atoms with E-state index < -0.39 is 0 Å². The van der Waals surface area contributed by atoms with Crippen molar-refractivity contribution in [2.24, 2.45) is 0 Å². The van der Waals surface area contributed by atoms with Crippen molar-refractivity contribution in [1.82, 2.24) is 14.8 Å². The molecule has 6 heteroatoms. The van der Waals surface area contributed by atoms with Crippen LogP contribution in [-0.4, -0.2) is 14.8 Å². The number of aromatic nitrogens is 3. The minimum atomic E-state index is -0.255. The highest BCUT2D eigenvalue weighted by atomic mass is 79.9. The van der Waals surface area contributed by atoms with Crippen LogP contribution in [-0.2, 0) is 6.54 Å². The van der Waals surface area contributed by atoms with E-state index in [1.165, 1.54) is 12.1 Å². The van der Waals surface area contributed by atoms with Gasteiger partial charge in [-0.2, -0.15) is 5.10 Å². The largest absolute Gasteiger partial charge is 0.364 e. The van der Waals surface area contributed by atoms with Crippen LogP contribution in [0, 0.1) is 12.7 Å². The predicted molar refractivity (Wildman–Crippen MR) is 87.5 cm³/mol. The van der Waals surface area contributed by atoms with Crippen LogP contribution in [0.1, 0.15) is 11.4 Å². The summed E-state index contributed by atoms with van der Waals surface area (Å²) >= 11 is 3.43. The summed E-state index contributed by atoms with van der Waals surface area (Å²) < 4.78 is 15.6. The fraction of sp³-hybridized carbons (Fsp3) is 0.125. The van der Waals surface area contributed by atoms with Crippen molar-refractivity contribution in [2.75, 3.05) is 5.32 Å². The van der Waals surface area contributed by atoms with Crippen molar-refractivity contribution in [3.05, 3.63) is 70.3 Å². The molecule has 0 amide bonds. The van der Waals surface area contributed by atoms with Gasteiger partial charge < -0.3 is 5.32 Å². The lowest BCUT2D eigenvalue weighted by Gasteiger charge is -2.05. The van der Waals surface area contributed by atoms with Gasteiger partial charge in [-0.3, -0.25) is 0 Å². The highest BCUT2D eigenvalue weighted by Crippen LogP contribution is 2.16. The van der Waals surface area contributed by atoms with Crippen molar-refractivity contribution < 1.29 is 4.39 Å². The second-order valence-electron chi connectivity index (χ2n) is 4.85. The Hall–Kier alpha value is -2.21. The number of nitrogens with zero attached hydrogens (tertiary/aromatic N) is 3. The van der Waals surface area contributed by atoms with Crippen molar-refractivity contribution in [3.63, 3.8) is 0 Å². The fourth-order valence-electron chi connectivity index (χ4n) is 2.02. The third-order valence-electron chi connectivity index (χ3n) is 3.21. The van der Waals surface area contributed by atoms with Crippen LogP contribution in [0.25, 0.3) is 5.69 Å². The number of rotatable bonds is 4. The Balaban J connectivity index is 1.69. The first kappa shape index (κ1) is 14.7. The third-order valence-corrected chi connectivity index (χ3v) is 4.05. The summed E-state index contributed by atoms with van der Waals surface area (Å²) in [5.74, 6) is 0.548. The van der Waals surface area contributed by atoms with Crippen LogP contribution in [0.4, 0.5) is 10.2 Å². The number of anilines is 1. The van der Waals surface area contributed by atoms with Crippen LogP contribution < -0.4 is 5.32 Å². The summed E-state index contributed by atoms with van der Waals surface area (Å²) in [6.45, 7) is 2.51. The first-order valence-corrected chi connectivity index (χ1v) is 7.58. The Morgan fingerprint density at radius 2 is 1.91 bits per heavy atom. The van der Waals surface area contributed by atoms with Gasteiger partial charge in [0, 0.05) is 10.7 Å². The van der Waals surface area contributed by atoms with Gasteiger partial charge in [0.25, 0.3) is 0 Å². The number of halogens is 2. The monoisotopic (exact) mass is 360 g/mol. The highest BCUT2D eigenvalue weighted by Gasteiger charge is 2.03. The van der Waals surface area contributed by atoms with Gasteiger partial charge in [0.1, 0.15) is 11.6 Å². The summed E-state index contributed by atoms with van der Waals surface area (Å²) in [5.41, 5.74) is 2.64. The quantitative estimate of drug-likeness (QED) is 0.761. The molecule has 0 aliphatic rings. The molecule has 3 aromatic rings. The summed E-state index contributed by atoms with van der Waals surface area (Å²) in [7, 11) is 0. The molecule has 112 valence electrons. The Labute approximate surface area is 136 Å². The zero-order valence-corrected chi connectivity index (χ0v) is 13.5. The Morgan fingerprint density at radius 1 is 1.14 bits per heavy atom. The minimum absolute atomic E-state index is 0.255. The van der Waals surface area contributed by atoms with Gasteiger partial charge in [0.05, 0.1) is 23.6 Å². The average molecular weight is 361 g/mol. The Bertz CT molecular complexity index is 783. The summed E-state index contributed by atoms with van der Waals surface area (Å²) in [4.78, 5) is 4.43. The van der Waals surface area contributed by atoms with E-state index in [-0.39, 0.29) is 5.82 Å². The van der Waals surface area contributed by atoms with Crippen molar-refractivity contribution >= 4 is 21.7 Å². The molecule has 0 radical (unpaired) electrons. The molecule has 0 spiro atoms. The van der Waals surface area contributed by atoms with E-state index in [1.54, 1.807) is 16.8 Å². The second kappa shape index (κ2) is 6.27. The van der Waals surface area contributed by atoms with E-state index in [9.17, 15) is 4.39 Å². The molecule has 0 unspecified atom stereocenters. The van der Waals surface area contributed by atoms with Gasteiger partial charge >= 0.3 is 0 Å². The molecule has 3 rings (SSSR count). The third kappa shape index (κ3) is 3.33. The maximum atomic E-state index is 12.9. The smallest absolute Gasteiger partial charge is 0.126 e. The van der Waals surface area contributed by atoms with Gasteiger partial charge in [-0.15, -0.1) is 0 Å². The van der Waals surface area contributed by atoms with Gasteiger partial charge in [0.2, 0.25) is 0 Å². The fourth-order valence-corrected chi connectivity index (χ4v) is 2.24. The maximum absolute atomic E-state index is 12.9. The SMILES string of the molecule is Cc1nc(NCc2ccn(-c3ccc(F)cc3)n2)ccc1Br. The van der Waals surface area contributed by atoms with E-state index >= 15 is 0 Å². The van der Waals surface area contributed by atoms with Gasteiger partial charge in [-0.05, 0) is 65.3 Å². The van der Waals surface area contributed by atoms with E-state index in [2.05, 4.69) is 31.3 Å². The van der Waals surface area contributed by atoms with E-state index in [4.69, 9.17) is 0 Å². The molecule has 0 fully saturated rings. The number of hydrogen-bond acceptors (Lipinski definition) is 3. The van der Waals surface area contributed by atoms with Gasteiger partial charge in [0.15, 0.2) is 0 Å². The zero-order valence-electron chi connectivity index (χ0n) is 11.9. The van der Waals surface area contributed by atoms with E-state index in [1.807, 2.05) is 31.3 Å². The van der Waals surface area contributed by atoms with Crippen LogP contribution in [0.5, 0.6) is 0 Å². The Morgan fingerprint density at radius 3 is 2.64 bits per heavy atom. The molecular formula is C16H14BrFN4. The lowest BCUT2D eigenvalue weighted by Crippen LogP contribution is -2.04. The van der Waals surface area contributed by atoms with Crippen LogP contribution >= 0.6 is 15.9 Å². The highest BCUT2D eigenvalue weighted by molar-refractivity contribution is 9.10. The number of benzene rings is 1. The molecule has 2 aromatic heterocycles. The van der Waals surface area contributed by atoms with E-state index in [0.717, 1.165) is 27.4 Å². The molecule has 0 saturated carbocycles. The van der Waals surface area contributed by atoms with Crippen molar-refractivity contribution in [3.8, 4) is 5.69 Å². The topological polar surface area (TPSA) is 42.7 Å². The number of nitrogens with one attached hydrogen (secondary N) is 1. The van der Waals surface area contributed by atoms with Crippen LogP contribution in [0.3, 0.4) is 0 Å². The number of aryl methyl sites for hydroxylation is 1. The summed E-state index contributed by atoms with van der Waals surface area (Å²) in [6, 6.07) is 12.0. The molecule has 0 aliphatic carbocycles. The zero-order chi connectivity index (χ0) is 15.5. The normalized spacial score (nSPS) is 10.7. The van der Waals surface area contributed by atoms with Crippen LogP contribution in [0.15, 0.2) is 53.1 Å². The molecule has 1 N–H and O–H groups in total. The average Bonchev–Trinajstić information content (AvgIpc) is 2.98. The molecule has 2 heterocycles. The second-order valence-corrected chi connectivity index (χ2v) is 5.70.